The van der Waals surface area contributed by atoms with Crippen LogP contribution < -0.4 is 5.73 Å². The van der Waals surface area contributed by atoms with Gasteiger partial charge < -0.3 is 15.6 Å². The fourth-order valence-electron chi connectivity index (χ4n) is 3.72. The third-order valence-electron chi connectivity index (χ3n) is 5.13. The lowest BCUT2D eigenvalue weighted by molar-refractivity contribution is 0.0704. The Morgan fingerprint density at radius 2 is 1.71 bits per heavy atom. The van der Waals surface area contributed by atoms with E-state index in [1.807, 2.05) is 65.6 Å². The van der Waals surface area contributed by atoms with Crippen LogP contribution in [-0.4, -0.2) is 39.8 Å². The van der Waals surface area contributed by atoms with Crippen LogP contribution in [-0.2, 0) is 0 Å². The second-order valence-electron chi connectivity index (χ2n) is 7.03. The lowest BCUT2D eigenvalue weighted by Crippen LogP contribution is -2.39. The number of carbonyl (C=O) groups is 2. The molecule has 0 radical (unpaired) electrons. The summed E-state index contributed by atoms with van der Waals surface area (Å²) in [5, 5.41) is 0. The van der Waals surface area contributed by atoms with Crippen LogP contribution in [0, 0.1) is 0 Å². The van der Waals surface area contributed by atoms with E-state index in [1.54, 1.807) is 0 Å². The average molecular weight is 374 g/mol. The number of rotatable bonds is 4. The second-order valence-corrected chi connectivity index (χ2v) is 7.03. The van der Waals surface area contributed by atoms with Gasteiger partial charge in [-0.15, -0.1) is 0 Å². The van der Waals surface area contributed by atoms with Crippen LogP contribution in [0.4, 0.5) is 0 Å². The van der Waals surface area contributed by atoms with E-state index in [1.165, 1.54) is 0 Å². The van der Waals surface area contributed by atoms with Gasteiger partial charge in [-0.2, -0.15) is 0 Å². The van der Waals surface area contributed by atoms with Crippen molar-refractivity contribution in [1.29, 1.82) is 0 Å². The van der Waals surface area contributed by atoms with Crippen molar-refractivity contribution in [3.63, 3.8) is 0 Å². The van der Waals surface area contributed by atoms with Crippen molar-refractivity contribution in [2.24, 2.45) is 5.73 Å². The number of carbonyl (C=O) groups excluding carboxylic acids is 2. The maximum atomic E-state index is 12.8. The molecule has 1 aromatic heterocycles. The molecule has 1 fully saturated rings. The number of H-pyrrole nitrogens is 1. The summed E-state index contributed by atoms with van der Waals surface area (Å²) in [6, 6.07) is 18.8. The molecule has 1 aliphatic heterocycles. The lowest BCUT2D eigenvalue weighted by atomic mass is 9.96. The number of hydrogen-bond donors (Lipinski definition) is 2. The number of amides is 2. The maximum absolute atomic E-state index is 12.8. The van der Waals surface area contributed by atoms with E-state index < -0.39 is 5.91 Å². The molecule has 4 rings (SSSR count). The van der Waals surface area contributed by atoms with Crippen LogP contribution in [0.2, 0.25) is 0 Å². The summed E-state index contributed by atoms with van der Waals surface area (Å²) in [7, 11) is 0. The predicted molar refractivity (Wildman–Crippen MR) is 107 cm³/mol. The first-order valence-electron chi connectivity index (χ1n) is 9.43. The van der Waals surface area contributed by atoms with E-state index in [4.69, 9.17) is 10.7 Å². The molecule has 2 aromatic carbocycles. The molecular formula is C22H22N4O2. The average Bonchev–Trinajstić information content (AvgIpc) is 3.21. The van der Waals surface area contributed by atoms with E-state index in [0.717, 1.165) is 24.9 Å². The minimum Gasteiger partial charge on any atom is -0.364 e. The first-order chi connectivity index (χ1) is 13.6. The van der Waals surface area contributed by atoms with Gasteiger partial charge in [0.05, 0.1) is 0 Å². The molecule has 1 aliphatic rings. The summed E-state index contributed by atoms with van der Waals surface area (Å²) >= 11 is 0. The summed E-state index contributed by atoms with van der Waals surface area (Å²) in [4.78, 5) is 34.4. The summed E-state index contributed by atoms with van der Waals surface area (Å²) in [5.41, 5.74) is 7.97. The standard InChI is InChI=1S/C22H22N4O2/c23-20(27)19-18(15-8-3-1-4-9-15)24-21(25-19)17-12-7-13-26(14-17)22(28)16-10-5-2-6-11-16/h1-6,8-11,17H,7,12-14H2,(H2,23,27)(H,24,25)/t17-/m1/s1. The SMILES string of the molecule is NC(=O)c1[nH]c([C@@H]2CCCN(C(=O)c3ccccc3)C2)nc1-c1ccccc1. The van der Waals surface area contributed by atoms with Crippen LogP contribution in [0.1, 0.15) is 45.4 Å². The monoisotopic (exact) mass is 374 g/mol. The fourth-order valence-corrected chi connectivity index (χ4v) is 3.72. The molecule has 0 saturated carbocycles. The number of primary amides is 1. The molecule has 0 spiro atoms. The molecule has 0 aliphatic carbocycles. The molecule has 1 atom stereocenters. The van der Waals surface area contributed by atoms with Crippen molar-refractivity contribution in [2.75, 3.05) is 13.1 Å². The van der Waals surface area contributed by atoms with E-state index in [-0.39, 0.29) is 11.8 Å². The first-order valence-corrected chi connectivity index (χ1v) is 9.43. The Bertz CT molecular complexity index is 982. The van der Waals surface area contributed by atoms with E-state index in [9.17, 15) is 9.59 Å². The van der Waals surface area contributed by atoms with Crippen molar-refractivity contribution in [3.8, 4) is 11.3 Å². The summed E-state index contributed by atoms with van der Waals surface area (Å²) in [5.74, 6) is 0.232. The minimum atomic E-state index is -0.536. The number of aromatic amines is 1. The van der Waals surface area contributed by atoms with Crippen molar-refractivity contribution in [3.05, 3.63) is 77.7 Å². The van der Waals surface area contributed by atoms with Crippen LogP contribution in [0.5, 0.6) is 0 Å². The van der Waals surface area contributed by atoms with Gasteiger partial charge >= 0.3 is 0 Å². The quantitative estimate of drug-likeness (QED) is 0.734. The molecule has 6 heteroatoms. The Labute approximate surface area is 163 Å². The Balaban J connectivity index is 1.60. The minimum absolute atomic E-state index is 0.0234. The maximum Gasteiger partial charge on any atom is 0.267 e. The molecule has 6 nitrogen and oxygen atoms in total. The van der Waals surface area contributed by atoms with Gasteiger partial charge in [0.25, 0.3) is 11.8 Å². The Kier molecular flexibility index (Phi) is 4.93. The lowest BCUT2D eigenvalue weighted by Gasteiger charge is -2.32. The third-order valence-corrected chi connectivity index (χ3v) is 5.13. The Morgan fingerprint density at radius 3 is 2.39 bits per heavy atom. The van der Waals surface area contributed by atoms with Gasteiger partial charge in [0.2, 0.25) is 0 Å². The van der Waals surface area contributed by atoms with Crippen LogP contribution in [0.3, 0.4) is 0 Å². The van der Waals surface area contributed by atoms with Gasteiger partial charge in [0.15, 0.2) is 0 Å². The van der Waals surface area contributed by atoms with Crippen molar-refractivity contribution in [1.82, 2.24) is 14.9 Å². The number of piperidine rings is 1. The fraction of sp³-hybridized carbons (Fsp3) is 0.227. The zero-order valence-electron chi connectivity index (χ0n) is 15.5. The molecular weight excluding hydrogens is 352 g/mol. The highest BCUT2D eigenvalue weighted by Crippen LogP contribution is 2.30. The third kappa shape index (κ3) is 3.53. The molecule has 2 heterocycles. The molecule has 142 valence electrons. The summed E-state index contributed by atoms with van der Waals surface area (Å²) in [6.45, 7) is 1.28. The number of benzene rings is 2. The van der Waals surface area contributed by atoms with Gasteiger partial charge in [0, 0.05) is 30.1 Å². The molecule has 2 amide bonds. The molecule has 0 unspecified atom stereocenters. The van der Waals surface area contributed by atoms with Crippen LogP contribution >= 0.6 is 0 Å². The van der Waals surface area contributed by atoms with E-state index in [0.29, 0.717) is 29.3 Å². The number of nitrogens with zero attached hydrogens (tertiary/aromatic N) is 2. The van der Waals surface area contributed by atoms with Gasteiger partial charge in [-0.3, -0.25) is 9.59 Å². The summed E-state index contributed by atoms with van der Waals surface area (Å²) < 4.78 is 0. The van der Waals surface area contributed by atoms with Crippen LogP contribution in [0.15, 0.2) is 60.7 Å². The van der Waals surface area contributed by atoms with Crippen molar-refractivity contribution < 1.29 is 9.59 Å². The van der Waals surface area contributed by atoms with Crippen molar-refractivity contribution >= 4 is 11.8 Å². The molecule has 1 saturated heterocycles. The molecule has 3 N–H and O–H groups in total. The molecule has 0 bridgehead atoms. The van der Waals surface area contributed by atoms with Crippen LogP contribution in [0.25, 0.3) is 11.3 Å². The highest BCUT2D eigenvalue weighted by Gasteiger charge is 2.29. The van der Waals surface area contributed by atoms with E-state index in [2.05, 4.69) is 4.98 Å². The smallest absolute Gasteiger partial charge is 0.267 e. The zero-order valence-corrected chi connectivity index (χ0v) is 15.5. The van der Waals surface area contributed by atoms with Crippen molar-refractivity contribution in [2.45, 2.75) is 18.8 Å². The second kappa shape index (κ2) is 7.68. The summed E-state index contributed by atoms with van der Waals surface area (Å²) in [6.07, 6.45) is 1.79. The van der Waals surface area contributed by atoms with E-state index >= 15 is 0 Å². The number of hydrogen-bond acceptors (Lipinski definition) is 3. The zero-order chi connectivity index (χ0) is 19.5. The van der Waals surface area contributed by atoms with Gasteiger partial charge in [-0.05, 0) is 25.0 Å². The van der Waals surface area contributed by atoms with Gasteiger partial charge in [0.1, 0.15) is 17.2 Å². The number of imidazole rings is 1. The van der Waals surface area contributed by atoms with Gasteiger partial charge in [-0.25, -0.2) is 4.98 Å². The molecule has 3 aromatic rings. The highest BCUT2D eigenvalue weighted by molar-refractivity contribution is 5.97. The highest BCUT2D eigenvalue weighted by atomic mass is 16.2. The normalized spacial score (nSPS) is 16.7. The Hall–Kier alpha value is -3.41. The predicted octanol–water partition coefficient (Wildman–Crippen LogP) is 3.20. The number of aromatic nitrogens is 2. The number of likely N-dealkylation sites (tertiary alicyclic amines) is 1. The largest absolute Gasteiger partial charge is 0.364 e. The Morgan fingerprint density at radius 1 is 1.04 bits per heavy atom. The number of nitrogens with one attached hydrogen (secondary N) is 1. The van der Waals surface area contributed by atoms with Gasteiger partial charge in [-0.1, -0.05) is 48.5 Å². The number of nitrogens with two attached hydrogens (primary N) is 1. The topological polar surface area (TPSA) is 92.1 Å². The first kappa shape index (κ1) is 18.0. The molecule has 28 heavy (non-hydrogen) atoms.